The number of hydrogen-bond acceptors (Lipinski definition) is 4. The second kappa shape index (κ2) is 7.97. The van der Waals surface area contributed by atoms with Gasteiger partial charge in [0.1, 0.15) is 6.10 Å². The average Bonchev–Trinajstić information content (AvgIpc) is 3.03. The molecular weight excluding hydrogens is 320 g/mol. The topological polar surface area (TPSA) is 76.7 Å². The van der Waals surface area contributed by atoms with Gasteiger partial charge in [-0.2, -0.15) is 0 Å². The summed E-state index contributed by atoms with van der Waals surface area (Å²) in [5.74, 6) is -1.74. The molecule has 1 saturated heterocycles. The number of ether oxygens (including phenoxy) is 2. The molecule has 0 bridgehead atoms. The third-order valence-electron chi connectivity index (χ3n) is 4.87. The summed E-state index contributed by atoms with van der Waals surface area (Å²) in [5.41, 5.74) is 0.954. The standard InChI is InChI=1S/C19H26N2O4/c1-14(15-8-4-2-5-9-15)21-18(23)17(22)20-12-16-13-24-19(25-16)10-6-3-7-11-19/h2,4-5,8-9,14,16H,3,6-7,10-13H2,1H3,(H,20,22)(H,21,23)/t14-,16-/m0/s1. The van der Waals surface area contributed by atoms with E-state index in [1.165, 1.54) is 6.42 Å². The molecular formula is C19H26N2O4. The van der Waals surface area contributed by atoms with E-state index in [1.807, 2.05) is 37.3 Å². The highest BCUT2D eigenvalue weighted by molar-refractivity contribution is 6.35. The van der Waals surface area contributed by atoms with Crippen LogP contribution in [0.2, 0.25) is 0 Å². The Labute approximate surface area is 148 Å². The fourth-order valence-corrected chi connectivity index (χ4v) is 3.44. The van der Waals surface area contributed by atoms with Crippen molar-refractivity contribution >= 4 is 11.8 Å². The Morgan fingerprint density at radius 1 is 1.16 bits per heavy atom. The average molecular weight is 346 g/mol. The summed E-state index contributed by atoms with van der Waals surface area (Å²) in [6.07, 6.45) is 5.06. The van der Waals surface area contributed by atoms with E-state index in [1.54, 1.807) is 0 Å². The SMILES string of the molecule is C[C@H](NC(=O)C(=O)NC[C@H]1COC2(CCCCC2)O1)c1ccccc1. The number of carbonyl (C=O) groups excluding carboxylic acids is 2. The molecule has 1 aromatic carbocycles. The molecule has 25 heavy (non-hydrogen) atoms. The molecule has 6 nitrogen and oxygen atoms in total. The number of amides is 2. The number of nitrogens with one attached hydrogen (secondary N) is 2. The van der Waals surface area contributed by atoms with Gasteiger partial charge in [-0.15, -0.1) is 0 Å². The third-order valence-corrected chi connectivity index (χ3v) is 4.87. The van der Waals surface area contributed by atoms with Crippen LogP contribution >= 0.6 is 0 Å². The van der Waals surface area contributed by atoms with Gasteiger partial charge in [0.2, 0.25) is 0 Å². The summed E-state index contributed by atoms with van der Waals surface area (Å²) in [5, 5.41) is 5.35. The van der Waals surface area contributed by atoms with Crippen molar-refractivity contribution < 1.29 is 19.1 Å². The summed E-state index contributed by atoms with van der Waals surface area (Å²) in [6, 6.07) is 9.31. The number of rotatable bonds is 4. The first-order valence-corrected chi connectivity index (χ1v) is 9.03. The maximum absolute atomic E-state index is 12.0. The van der Waals surface area contributed by atoms with Crippen LogP contribution in [0, 0.1) is 0 Å². The van der Waals surface area contributed by atoms with Crippen molar-refractivity contribution in [1.82, 2.24) is 10.6 Å². The molecule has 3 rings (SSSR count). The van der Waals surface area contributed by atoms with Crippen molar-refractivity contribution in [2.45, 2.75) is 57.0 Å². The van der Waals surface area contributed by atoms with Crippen LogP contribution in [0.15, 0.2) is 30.3 Å². The van der Waals surface area contributed by atoms with Gasteiger partial charge in [0.25, 0.3) is 0 Å². The van der Waals surface area contributed by atoms with Crippen LogP contribution in [0.3, 0.4) is 0 Å². The lowest BCUT2D eigenvalue weighted by molar-refractivity contribution is -0.186. The first kappa shape index (κ1) is 17.9. The molecule has 1 spiro atoms. The molecule has 1 aromatic rings. The Morgan fingerprint density at radius 2 is 1.88 bits per heavy atom. The molecule has 2 N–H and O–H groups in total. The minimum absolute atomic E-state index is 0.193. The van der Waals surface area contributed by atoms with Gasteiger partial charge < -0.3 is 20.1 Å². The predicted molar refractivity (Wildman–Crippen MR) is 92.7 cm³/mol. The number of benzene rings is 1. The number of hydrogen-bond donors (Lipinski definition) is 2. The zero-order valence-corrected chi connectivity index (χ0v) is 14.6. The fourth-order valence-electron chi connectivity index (χ4n) is 3.44. The van der Waals surface area contributed by atoms with Crippen LogP contribution in [-0.2, 0) is 19.1 Å². The summed E-state index contributed by atoms with van der Waals surface area (Å²) >= 11 is 0. The Morgan fingerprint density at radius 3 is 2.60 bits per heavy atom. The molecule has 1 heterocycles. The highest BCUT2D eigenvalue weighted by Gasteiger charge is 2.42. The molecule has 0 unspecified atom stereocenters. The Hall–Kier alpha value is -1.92. The van der Waals surface area contributed by atoms with Crippen molar-refractivity contribution in [3.05, 3.63) is 35.9 Å². The van der Waals surface area contributed by atoms with E-state index < -0.39 is 17.6 Å². The van der Waals surface area contributed by atoms with Gasteiger partial charge in [-0.05, 0) is 25.3 Å². The van der Waals surface area contributed by atoms with Crippen molar-refractivity contribution in [2.75, 3.05) is 13.2 Å². The van der Waals surface area contributed by atoms with E-state index >= 15 is 0 Å². The monoisotopic (exact) mass is 346 g/mol. The van der Waals surface area contributed by atoms with E-state index in [2.05, 4.69) is 10.6 Å². The Bertz CT molecular complexity index is 599. The molecule has 0 aromatic heterocycles. The zero-order valence-electron chi connectivity index (χ0n) is 14.6. The van der Waals surface area contributed by atoms with Gasteiger partial charge in [-0.3, -0.25) is 9.59 Å². The van der Waals surface area contributed by atoms with Crippen molar-refractivity contribution in [3.63, 3.8) is 0 Å². The van der Waals surface area contributed by atoms with Crippen molar-refractivity contribution in [1.29, 1.82) is 0 Å². The van der Waals surface area contributed by atoms with E-state index in [0.29, 0.717) is 6.61 Å². The Balaban J connectivity index is 1.42. The molecule has 1 saturated carbocycles. The van der Waals surface area contributed by atoms with Crippen LogP contribution in [0.25, 0.3) is 0 Å². The van der Waals surface area contributed by atoms with Crippen LogP contribution in [-0.4, -0.2) is 36.9 Å². The van der Waals surface area contributed by atoms with Crippen LogP contribution in [0.1, 0.15) is 50.6 Å². The van der Waals surface area contributed by atoms with E-state index in [9.17, 15) is 9.59 Å². The van der Waals surface area contributed by atoms with Crippen LogP contribution in [0.4, 0.5) is 0 Å². The largest absolute Gasteiger partial charge is 0.347 e. The first-order chi connectivity index (χ1) is 12.1. The minimum Gasteiger partial charge on any atom is -0.347 e. The molecule has 6 heteroatoms. The fraction of sp³-hybridized carbons (Fsp3) is 0.579. The second-order valence-electron chi connectivity index (χ2n) is 6.84. The van der Waals surface area contributed by atoms with Crippen molar-refractivity contribution in [3.8, 4) is 0 Å². The first-order valence-electron chi connectivity index (χ1n) is 9.03. The van der Waals surface area contributed by atoms with Gasteiger partial charge in [-0.1, -0.05) is 36.8 Å². The van der Waals surface area contributed by atoms with E-state index in [-0.39, 0.29) is 18.7 Å². The zero-order chi connectivity index (χ0) is 17.7. The molecule has 0 radical (unpaired) electrons. The maximum Gasteiger partial charge on any atom is 0.309 e. The lowest BCUT2D eigenvalue weighted by atomic mass is 9.94. The van der Waals surface area contributed by atoms with Gasteiger partial charge in [0.15, 0.2) is 5.79 Å². The molecule has 136 valence electrons. The number of carbonyl (C=O) groups is 2. The maximum atomic E-state index is 12.0. The van der Waals surface area contributed by atoms with E-state index in [0.717, 1.165) is 31.2 Å². The minimum atomic E-state index is -0.643. The van der Waals surface area contributed by atoms with Gasteiger partial charge in [0, 0.05) is 19.4 Å². The molecule has 2 aliphatic rings. The Kier molecular flexibility index (Phi) is 5.71. The summed E-state index contributed by atoms with van der Waals surface area (Å²) < 4.78 is 11.8. The lowest BCUT2D eigenvalue weighted by Gasteiger charge is -2.31. The summed E-state index contributed by atoms with van der Waals surface area (Å²) in [4.78, 5) is 24.0. The van der Waals surface area contributed by atoms with Crippen LogP contribution in [0.5, 0.6) is 0 Å². The molecule has 1 aliphatic heterocycles. The molecule has 2 atom stereocenters. The second-order valence-corrected chi connectivity index (χ2v) is 6.84. The normalized spacial score (nSPS) is 23.2. The third kappa shape index (κ3) is 4.58. The highest BCUT2D eigenvalue weighted by Crippen LogP contribution is 2.37. The molecule has 2 amide bonds. The molecule has 1 aliphatic carbocycles. The lowest BCUT2D eigenvalue weighted by Crippen LogP contribution is -2.44. The highest BCUT2D eigenvalue weighted by atomic mass is 16.7. The summed E-state index contributed by atoms with van der Waals surface area (Å²) in [6.45, 7) is 2.59. The predicted octanol–water partition coefficient (Wildman–Crippen LogP) is 2.06. The smallest absolute Gasteiger partial charge is 0.309 e. The quantitative estimate of drug-likeness (QED) is 0.818. The van der Waals surface area contributed by atoms with E-state index in [4.69, 9.17) is 9.47 Å². The van der Waals surface area contributed by atoms with Crippen molar-refractivity contribution in [2.24, 2.45) is 0 Å². The van der Waals surface area contributed by atoms with Gasteiger partial charge in [-0.25, -0.2) is 0 Å². The van der Waals surface area contributed by atoms with Gasteiger partial charge >= 0.3 is 11.8 Å². The molecule has 2 fully saturated rings. The summed E-state index contributed by atoms with van der Waals surface area (Å²) in [7, 11) is 0. The van der Waals surface area contributed by atoms with Gasteiger partial charge in [0.05, 0.1) is 12.6 Å². The van der Waals surface area contributed by atoms with Crippen LogP contribution < -0.4 is 10.6 Å².